The fraction of sp³-hybridized carbons (Fsp3) is 0.278. The zero-order valence-corrected chi connectivity index (χ0v) is 16.1. The summed E-state index contributed by atoms with van der Waals surface area (Å²) in [6, 6.07) is 8.67. The van der Waals surface area contributed by atoms with E-state index in [1.165, 1.54) is 23.9 Å². The molecule has 0 atom stereocenters. The largest absolute Gasteiger partial charge is 0.416 e. The molecule has 0 spiro atoms. The summed E-state index contributed by atoms with van der Waals surface area (Å²) in [5, 5.41) is 13.8. The van der Waals surface area contributed by atoms with Crippen molar-refractivity contribution in [1.29, 1.82) is 0 Å². The molecule has 4 rings (SSSR count). The Hall–Kier alpha value is -2.33. The van der Waals surface area contributed by atoms with E-state index in [1.54, 1.807) is 11.3 Å². The highest BCUT2D eigenvalue weighted by molar-refractivity contribution is 7.99. The van der Waals surface area contributed by atoms with Crippen LogP contribution in [0, 0.1) is 0 Å². The fourth-order valence-electron chi connectivity index (χ4n) is 2.68. The minimum atomic E-state index is -4.40. The van der Waals surface area contributed by atoms with Crippen molar-refractivity contribution < 1.29 is 18.0 Å². The van der Waals surface area contributed by atoms with E-state index in [-0.39, 0.29) is 11.7 Å². The van der Waals surface area contributed by atoms with Crippen LogP contribution in [0.1, 0.15) is 24.4 Å². The first-order chi connectivity index (χ1) is 13.4. The molecule has 1 amide bonds. The molecular formula is C18H15F3N4OS2. The molecule has 0 unspecified atom stereocenters. The molecule has 0 saturated heterocycles. The zero-order chi connectivity index (χ0) is 19.7. The molecule has 10 heteroatoms. The number of rotatable bonds is 6. The van der Waals surface area contributed by atoms with Gasteiger partial charge in [-0.2, -0.15) is 13.2 Å². The normalized spacial score (nSPS) is 14.2. The van der Waals surface area contributed by atoms with Crippen LogP contribution in [0.25, 0.3) is 10.7 Å². The fourth-order valence-corrected chi connectivity index (χ4v) is 4.19. The molecule has 28 heavy (non-hydrogen) atoms. The number of amides is 1. The smallest absolute Gasteiger partial charge is 0.325 e. The number of hydrogen-bond donors (Lipinski definition) is 1. The highest BCUT2D eigenvalue weighted by atomic mass is 32.2. The molecule has 1 N–H and O–H groups in total. The van der Waals surface area contributed by atoms with Crippen molar-refractivity contribution in [2.75, 3.05) is 11.1 Å². The van der Waals surface area contributed by atoms with Gasteiger partial charge in [-0.05, 0) is 48.6 Å². The first-order valence-electron chi connectivity index (χ1n) is 8.50. The minimum absolute atomic E-state index is 0.0936. The maximum atomic E-state index is 12.6. The first-order valence-corrected chi connectivity index (χ1v) is 10.4. The van der Waals surface area contributed by atoms with E-state index in [9.17, 15) is 18.0 Å². The Balaban J connectivity index is 1.40. The number of benzene rings is 1. The minimum Gasteiger partial charge on any atom is -0.325 e. The molecule has 146 valence electrons. The Bertz CT molecular complexity index is 964. The standard InChI is InChI=1S/C18H15F3N4OS2/c19-18(20,21)11-3-5-12(6-4-11)22-15(26)10-28-17-24-23-16(14-2-1-9-27-14)25(17)13-7-8-13/h1-6,9,13H,7-8,10H2,(H,22,26). The average Bonchev–Trinajstić information content (AvgIpc) is 3.17. The van der Waals surface area contributed by atoms with Crippen molar-refractivity contribution in [2.24, 2.45) is 0 Å². The summed E-state index contributed by atoms with van der Waals surface area (Å²) in [5.74, 6) is 0.590. The Labute approximate surface area is 167 Å². The molecule has 3 aromatic rings. The van der Waals surface area contributed by atoms with E-state index >= 15 is 0 Å². The number of hydrogen-bond acceptors (Lipinski definition) is 5. The lowest BCUT2D eigenvalue weighted by Gasteiger charge is -2.09. The summed E-state index contributed by atoms with van der Waals surface area (Å²) < 4.78 is 39.9. The number of anilines is 1. The van der Waals surface area contributed by atoms with Crippen LogP contribution in [0.2, 0.25) is 0 Å². The van der Waals surface area contributed by atoms with Gasteiger partial charge in [-0.25, -0.2) is 0 Å². The van der Waals surface area contributed by atoms with Gasteiger partial charge >= 0.3 is 6.18 Å². The number of aromatic nitrogens is 3. The summed E-state index contributed by atoms with van der Waals surface area (Å²) in [6.07, 6.45) is -2.28. The lowest BCUT2D eigenvalue weighted by atomic mass is 10.2. The van der Waals surface area contributed by atoms with Gasteiger partial charge in [0, 0.05) is 11.7 Å². The number of nitrogens with one attached hydrogen (secondary N) is 1. The third-order valence-electron chi connectivity index (χ3n) is 4.15. The topological polar surface area (TPSA) is 59.8 Å². The quantitative estimate of drug-likeness (QED) is 0.560. The molecule has 1 aliphatic carbocycles. The van der Waals surface area contributed by atoms with Gasteiger partial charge in [0.25, 0.3) is 0 Å². The van der Waals surface area contributed by atoms with Crippen LogP contribution in [0.15, 0.2) is 46.9 Å². The lowest BCUT2D eigenvalue weighted by molar-refractivity contribution is -0.137. The van der Waals surface area contributed by atoms with Gasteiger partial charge < -0.3 is 5.32 Å². The van der Waals surface area contributed by atoms with Crippen molar-refractivity contribution >= 4 is 34.7 Å². The highest BCUT2D eigenvalue weighted by Crippen LogP contribution is 2.41. The van der Waals surface area contributed by atoms with Gasteiger partial charge in [0.05, 0.1) is 16.2 Å². The Morgan fingerprint density at radius 3 is 2.57 bits per heavy atom. The molecule has 1 aliphatic rings. The van der Waals surface area contributed by atoms with E-state index in [2.05, 4.69) is 20.1 Å². The van der Waals surface area contributed by atoms with E-state index in [0.29, 0.717) is 16.9 Å². The maximum absolute atomic E-state index is 12.6. The number of halogens is 3. The van der Waals surface area contributed by atoms with Crippen molar-refractivity contribution in [3.63, 3.8) is 0 Å². The van der Waals surface area contributed by atoms with Crippen LogP contribution in [0.4, 0.5) is 18.9 Å². The Morgan fingerprint density at radius 1 is 1.21 bits per heavy atom. The monoisotopic (exact) mass is 424 g/mol. The molecule has 0 aliphatic heterocycles. The maximum Gasteiger partial charge on any atom is 0.416 e. The molecular weight excluding hydrogens is 409 g/mol. The summed E-state index contributed by atoms with van der Waals surface area (Å²) >= 11 is 2.86. The van der Waals surface area contributed by atoms with E-state index in [1.807, 2.05) is 17.5 Å². The average molecular weight is 424 g/mol. The molecule has 2 aromatic heterocycles. The van der Waals surface area contributed by atoms with Gasteiger partial charge in [-0.1, -0.05) is 17.8 Å². The summed E-state index contributed by atoms with van der Waals surface area (Å²) in [7, 11) is 0. The van der Waals surface area contributed by atoms with Gasteiger partial charge in [0.15, 0.2) is 11.0 Å². The Morgan fingerprint density at radius 2 is 1.96 bits per heavy atom. The van der Waals surface area contributed by atoms with Gasteiger partial charge in [0.1, 0.15) is 0 Å². The van der Waals surface area contributed by atoms with Crippen LogP contribution in [-0.2, 0) is 11.0 Å². The summed E-state index contributed by atoms with van der Waals surface area (Å²) in [6.45, 7) is 0. The Kier molecular flexibility index (Phi) is 5.15. The number of alkyl halides is 3. The van der Waals surface area contributed by atoms with E-state index < -0.39 is 11.7 Å². The van der Waals surface area contributed by atoms with Crippen molar-refractivity contribution in [1.82, 2.24) is 14.8 Å². The van der Waals surface area contributed by atoms with Crippen molar-refractivity contribution in [2.45, 2.75) is 30.2 Å². The predicted octanol–water partition coefficient (Wildman–Crippen LogP) is 5.09. The second-order valence-corrected chi connectivity index (χ2v) is 8.19. The van der Waals surface area contributed by atoms with Crippen LogP contribution in [0.5, 0.6) is 0 Å². The van der Waals surface area contributed by atoms with Crippen molar-refractivity contribution in [3.8, 4) is 10.7 Å². The molecule has 0 radical (unpaired) electrons. The van der Waals surface area contributed by atoms with Crippen LogP contribution < -0.4 is 5.32 Å². The lowest BCUT2D eigenvalue weighted by Crippen LogP contribution is -2.15. The van der Waals surface area contributed by atoms with E-state index in [4.69, 9.17) is 0 Å². The highest BCUT2D eigenvalue weighted by Gasteiger charge is 2.31. The molecule has 2 heterocycles. The van der Waals surface area contributed by atoms with Gasteiger partial charge in [-0.15, -0.1) is 21.5 Å². The predicted molar refractivity (Wildman–Crippen MR) is 102 cm³/mol. The molecule has 1 aromatic carbocycles. The third-order valence-corrected chi connectivity index (χ3v) is 5.96. The number of thiophene rings is 1. The zero-order valence-electron chi connectivity index (χ0n) is 14.4. The van der Waals surface area contributed by atoms with Gasteiger partial charge in [0.2, 0.25) is 5.91 Å². The number of carbonyl (C=O) groups excluding carboxylic acids is 1. The summed E-state index contributed by atoms with van der Waals surface area (Å²) in [4.78, 5) is 13.2. The number of carbonyl (C=O) groups is 1. The second kappa shape index (κ2) is 7.59. The van der Waals surface area contributed by atoms with Crippen LogP contribution in [0.3, 0.4) is 0 Å². The molecule has 5 nitrogen and oxygen atoms in total. The number of nitrogens with zero attached hydrogens (tertiary/aromatic N) is 3. The molecule has 1 fully saturated rings. The summed E-state index contributed by atoms with van der Waals surface area (Å²) in [5.41, 5.74) is -0.431. The molecule has 0 bridgehead atoms. The third kappa shape index (κ3) is 4.22. The first kappa shape index (κ1) is 19.0. The molecule has 1 saturated carbocycles. The SMILES string of the molecule is O=C(CSc1nnc(-c2cccs2)n1C1CC1)Nc1ccc(C(F)(F)F)cc1. The van der Waals surface area contributed by atoms with Crippen molar-refractivity contribution in [3.05, 3.63) is 47.3 Å². The van der Waals surface area contributed by atoms with Crippen LogP contribution in [-0.4, -0.2) is 26.4 Å². The van der Waals surface area contributed by atoms with Crippen LogP contribution >= 0.6 is 23.1 Å². The van der Waals surface area contributed by atoms with Gasteiger partial charge in [-0.3, -0.25) is 9.36 Å². The second-order valence-electron chi connectivity index (χ2n) is 6.30. The van der Waals surface area contributed by atoms with E-state index in [0.717, 1.165) is 35.7 Å². The number of thioether (sulfide) groups is 1.